The number of hydrogen-bond acceptors (Lipinski definition) is 12. The molecule has 236 valence electrons. The van der Waals surface area contributed by atoms with Crippen LogP contribution in [0.15, 0.2) is 53.3 Å². The number of nitrogens with two attached hydrogens (primary N) is 3. The normalized spacial score (nSPS) is 27.5. The summed E-state index contributed by atoms with van der Waals surface area (Å²) in [6.07, 6.45) is 0.0727. The molecule has 13 nitrogen and oxygen atoms in total. The number of nitriles is 1. The molecule has 0 unspecified atom stereocenters. The maximum absolute atomic E-state index is 14.6. The van der Waals surface area contributed by atoms with E-state index >= 15 is 0 Å². The molecule has 0 heterocycles. The Kier molecular flexibility index (Phi) is 7.44. The van der Waals surface area contributed by atoms with Crippen LogP contribution in [0.25, 0.3) is 5.76 Å². The highest BCUT2D eigenvalue weighted by Crippen LogP contribution is 2.59. The highest BCUT2D eigenvalue weighted by Gasteiger charge is 2.74. The largest absolute Gasteiger partial charge is 0.509 e. The number of Topliss-reactive ketones (excluding diaryl/α,β-unsaturated/α-hetero) is 2. The number of fused-ring (bicyclic) bond motifs is 3. The van der Waals surface area contributed by atoms with Crippen molar-refractivity contribution in [1.82, 2.24) is 4.90 Å². The SMILES string of the molecule is CN(C)c1cc(NCCc2ccccc2)c(O)c2c1C[C@@]1(N)C[C@@]3(N)[C@H](N(C)C)C(=O)C(C(N)=O)=C(O)[C@@]3(C#N)C(=O)C1=C2O. The van der Waals surface area contributed by atoms with Gasteiger partial charge in [0.25, 0.3) is 5.91 Å². The van der Waals surface area contributed by atoms with Crippen LogP contribution in [0.1, 0.15) is 23.1 Å². The van der Waals surface area contributed by atoms with E-state index < -0.39 is 69.1 Å². The number of anilines is 2. The summed E-state index contributed by atoms with van der Waals surface area (Å²) in [5, 5.41) is 48.5. The third-order valence-electron chi connectivity index (χ3n) is 9.28. The first-order chi connectivity index (χ1) is 21.1. The van der Waals surface area contributed by atoms with Crippen LogP contribution in [-0.2, 0) is 27.2 Å². The van der Waals surface area contributed by atoms with Crippen molar-refractivity contribution in [2.24, 2.45) is 22.6 Å². The highest BCUT2D eigenvalue weighted by molar-refractivity contribution is 6.25. The van der Waals surface area contributed by atoms with Crippen molar-refractivity contribution in [3.8, 4) is 11.8 Å². The standard InChI is InChI=1S/C32H37N7O6/c1-38(2)19-12-18(37-11-10-16-8-6-5-7-9-16)23(40)20-17(19)13-30(35)14-32(36)26(39(3)4)25(42)21(29(34)45)27(43)31(32,15-33)28(44)22(30)24(20)41/h5-9,12,26,37,40-41,43H,10-11,13-14,35-36H2,1-4H3,(H2,34,45)/t26-,30-,31+,32-/m1/s1. The monoisotopic (exact) mass is 615 g/mol. The number of carbonyl (C=O) groups excluding carboxylic acids is 3. The molecule has 2 aromatic carbocycles. The lowest BCUT2D eigenvalue weighted by molar-refractivity contribution is -0.139. The fraction of sp³-hybridized carbons (Fsp3) is 0.375. The molecule has 13 heteroatoms. The Morgan fingerprint density at radius 2 is 1.76 bits per heavy atom. The Morgan fingerprint density at radius 3 is 2.31 bits per heavy atom. The van der Waals surface area contributed by atoms with Crippen molar-refractivity contribution in [1.29, 1.82) is 5.26 Å². The van der Waals surface area contributed by atoms with Gasteiger partial charge >= 0.3 is 0 Å². The number of nitrogens with zero attached hydrogens (tertiary/aromatic N) is 3. The number of likely N-dealkylation sites (N-methyl/N-ethyl adjacent to an activating group) is 1. The van der Waals surface area contributed by atoms with Gasteiger partial charge in [-0.15, -0.1) is 0 Å². The zero-order valence-electron chi connectivity index (χ0n) is 25.5. The summed E-state index contributed by atoms with van der Waals surface area (Å²) in [6, 6.07) is 11.7. The number of ketones is 2. The second kappa shape index (κ2) is 10.6. The fourth-order valence-corrected chi connectivity index (χ4v) is 7.40. The number of phenolic OH excluding ortho intramolecular Hbond substituents is 1. The minimum Gasteiger partial charge on any atom is -0.509 e. The Labute approximate surface area is 260 Å². The first kappa shape index (κ1) is 31.5. The molecule has 45 heavy (non-hydrogen) atoms. The molecule has 0 spiro atoms. The summed E-state index contributed by atoms with van der Waals surface area (Å²) >= 11 is 0. The molecule has 0 bridgehead atoms. The summed E-state index contributed by atoms with van der Waals surface area (Å²) in [7, 11) is 6.49. The molecule has 1 saturated carbocycles. The summed E-state index contributed by atoms with van der Waals surface area (Å²) in [5.41, 5.74) is 13.6. The van der Waals surface area contributed by atoms with Gasteiger partial charge in [0, 0.05) is 26.3 Å². The summed E-state index contributed by atoms with van der Waals surface area (Å²) in [6.45, 7) is 0.433. The van der Waals surface area contributed by atoms with Gasteiger partial charge < -0.3 is 42.7 Å². The van der Waals surface area contributed by atoms with Gasteiger partial charge in [0.15, 0.2) is 17.0 Å². The molecule has 1 amide bonds. The van der Waals surface area contributed by atoms with Crippen molar-refractivity contribution in [2.45, 2.75) is 36.4 Å². The number of aromatic hydroxyl groups is 1. The van der Waals surface area contributed by atoms with E-state index in [1.54, 1.807) is 31.1 Å². The Bertz CT molecular complexity index is 1740. The summed E-state index contributed by atoms with van der Waals surface area (Å²) in [4.78, 5) is 43.7. The zero-order valence-corrected chi connectivity index (χ0v) is 25.5. The molecular formula is C32H37N7O6. The van der Waals surface area contributed by atoms with E-state index in [9.17, 15) is 35.0 Å². The molecule has 0 aliphatic heterocycles. The molecule has 0 aromatic heterocycles. The molecule has 1 fully saturated rings. The lowest BCUT2D eigenvalue weighted by Crippen LogP contribution is -2.80. The van der Waals surface area contributed by atoms with Crippen LogP contribution in [0.3, 0.4) is 0 Å². The van der Waals surface area contributed by atoms with Crippen molar-refractivity contribution in [2.75, 3.05) is 45.0 Å². The molecule has 4 atom stereocenters. The number of benzene rings is 2. The molecule has 2 aromatic rings. The Balaban J connectivity index is 1.73. The second-order valence-corrected chi connectivity index (χ2v) is 12.5. The number of aliphatic hydroxyl groups excluding tert-OH is 2. The van der Waals surface area contributed by atoms with E-state index in [0.717, 1.165) is 5.56 Å². The van der Waals surface area contributed by atoms with Gasteiger partial charge in [-0.2, -0.15) is 5.26 Å². The van der Waals surface area contributed by atoms with E-state index in [4.69, 9.17) is 17.2 Å². The lowest BCUT2D eigenvalue weighted by atomic mass is 9.47. The minimum absolute atomic E-state index is 0.0694. The van der Waals surface area contributed by atoms with Crippen LogP contribution < -0.4 is 27.4 Å². The smallest absolute Gasteiger partial charge is 0.255 e. The molecule has 5 rings (SSSR count). The van der Waals surface area contributed by atoms with Gasteiger partial charge in [-0.3, -0.25) is 19.3 Å². The average molecular weight is 616 g/mol. The third-order valence-corrected chi connectivity index (χ3v) is 9.28. The minimum atomic E-state index is -2.71. The van der Waals surface area contributed by atoms with Crippen LogP contribution in [-0.4, -0.2) is 89.5 Å². The number of aliphatic hydroxyl groups is 2. The summed E-state index contributed by atoms with van der Waals surface area (Å²) in [5.74, 6) is -5.71. The molecule has 3 aliphatic rings. The van der Waals surface area contributed by atoms with Gasteiger partial charge in [0.2, 0.25) is 0 Å². The number of nitrogens with one attached hydrogen (secondary N) is 1. The van der Waals surface area contributed by atoms with Gasteiger partial charge in [0.1, 0.15) is 22.8 Å². The number of amides is 1. The van der Waals surface area contributed by atoms with Crippen LogP contribution in [0.2, 0.25) is 0 Å². The number of primary amides is 1. The van der Waals surface area contributed by atoms with E-state index in [0.29, 0.717) is 24.2 Å². The second-order valence-electron chi connectivity index (χ2n) is 12.5. The van der Waals surface area contributed by atoms with Crippen molar-refractivity contribution >= 4 is 34.6 Å². The Morgan fingerprint density at radius 1 is 1.11 bits per heavy atom. The third kappa shape index (κ3) is 4.28. The predicted molar refractivity (Wildman–Crippen MR) is 167 cm³/mol. The van der Waals surface area contributed by atoms with E-state index in [1.807, 2.05) is 30.3 Å². The predicted octanol–water partition coefficient (Wildman–Crippen LogP) is 0.626. The maximum atomic E-state index is 14.6. The van der Waals surface area contributed by atoms with Crippen LogP contribution in [0.5, 0.6) is 5.75 Å². The number of rotatable bonds is 7. The van der Waals surface area contributed by atoms with Gasteiger partial charge in [-0.05, 0) is 50.6 Å². The van der Waals surface area contributed by atoms with Gasteiger partial charge in [-0.25, -0.2) is 0 Å². The zero-order chi connectivity index (χ0) is 33.2. The quantitative estimate of drug-likeness (QED) is 0.168. The van der Waals surface area contributed by atoms with Crippen molar-refractivity contribution < 1.29 is 29.7 Å². The lowest BCUT2D eigenvalue weighted by Gasteiger charge is -2.58. The van der Waals surface area contributed by atoms with Crippen LogP contribution in [0.4, 0.5) is 11.4 Å². The van der Waals surface area contributed by atoms with Gasteiger partial charge in [-0.1, -0.05) is 30.3 Å². The van der Waals surface area contributed by atoms with E-state index in [2.05, 4.69) is 5.32 Å². The summed E-state index contributed by atoms with van der Waals surface area (Å²) < 4.78 is 0. The van der Waals surface area contributed by atoms with Crippen LogP contribution >= 0.6 is 0 Å². The number of carbonyl (C=O) groups is 3. The molecule has 3 aliphatic carbocycles. The van der Waals surface area contributed by atoms with Crippen molar-refractivity contribution in [3.63, 3.8) is 0 Å². The Hall–Kier alpha value is -4.90. The van der Waals surface area contributed by atoms with Crippen molar-refractivity contribution in [3.05, 3.63) is 70.0 Å². The number of phenols is 1. The highest BCUT2D eigenvalue weighted by atomic mass is 16.3. The average Bonchev–Trinajstić information content (AvgIpc) is 2.93. The first-order valence-electron chi connectivity index (χ1n) is 14.3. The fourth-order valence-electron chi connectivity index (χ4n) is 7.40. The molecule has 10 N–H and O–H groups in total. The van der Waals surface area contributed by atoms with Crippen LogP contribution in [0, 0.1) is 16.7 Å². The first-order valence-corrected chi connectivity index (χ1v) is 14.3. The topological polar surface area (TPSA) is 232 Å². The molecule has 0 radical (unpaired) electrons. The van der Waals surface area contributed by atoms with E-state index in [1.165, 1.54) is 19.0 Å². The molecule has 0 saturated heterocycles. The van der Waals surface area contributed by atoms with E-state index in [-0.39, 0.29) is 23.4 Å². The van der Waals surface area contributed by atoms with Gasteiger partial charge in [0.05, 0.1) is 40.0 Å². The maximum Gasteiger partial charge on any atom is 0.255 e. The molecular weight excluding hydrogens is 578 g/mol. The number of hydrogen-bond donors (Lipinski definition) is 7.